The fourth-order valence-corrected chi connectivity index (χ4v) is 7.07. The second-order valence-corrected chi connectivity index (χ2v) is 9.19. The molecule has 0 amide bonds. The van der Waals surface area contributed by atoms with Crippen LogP contribution in [0.5, 0.6) is 0 Å². The molecule has 3 heteroatoms. The van der Waals surface area contributed by atoms with E-state index in [1.165, 1.54) is 6.42 Å². The van der Waals surface area contributed by atoms with Crippen LogP contribution in [0.25, 0.3) is 0 Å². The van der Waals surface area contributed by atoms with Gasteiger partial charge in [0.25, 0.3) is 0 Å². The first kappa shape index (κ1) is 15.5. The molecule has 4 rings (SSSR count). The molecule has 7 atom stereocenters. The molecule has 4 aliphatic rings. The number of ketones is 2. The Balaban J connectivity index is 1.66. The second kappa shape index (κ2) is 5.00. The molecule has 0 heterocycles. The summed E-state index contributed by atoms with van der Waals surface area (Å²) in [5.74, 6) is 2.49. The number of carbonyl (C=O) groups excluding carboxylic acids is 3. The van der Waals surface area contributed by atoms with E-state index in [0.29, 0.717) is 35.9 Å². The minimum absolute atomic E-state index is 0.0844. The van der Waals surface area contributed by atoms with Crippen LogP contribution in [0, 0.1) is 40.4 Å². The molecule has 0 N–H and O–H groups in total. The highest BCUT2D eigenvalue weighted by Gasteiger charge is 2.61. The number of fused-ring (bicyclic) bond motifs is 5. The standard InChI is InChI=1S/C20H28O3/c1-19-8-7-16-14(15(19)5-6-18(19)23)4-3-13-9-17(22)12(11-21)10-20(13,16)2/h11-16H,3-10H2,1-2H3/t12?,13-,14-,15-,16-,19-,20-/m0/s1. The van der Waals surface area contributed by atoms with Gasteiger partial charge in [0, 0.05) is 18.3 Å². The minimum atomic E-state index is -0.381. The first-order valence-electron chi connectivity index (χ1n) is 9.41. The molecule has 0 aliphatic heterocycles. The van der Waals surface area contributed by atoms with E-state index >= 15 is 0 Å². The van der Waals surface area contributed by atoms with E-state index in [2.05, 4.69) is 13.8 Å². The number of Topliss-reactive ketones (excluding diaryl/α,β-unsaturated/α-hetero) is 2. The van der Waals surface area contributed by atoms with Crippen LogP contribution in [0.2, 0.25) is 0 Å². The Morgan fingerprint density at radius 1 is 1.04 bits per heavy atom. The highest BCUT2D eigenvalue weighted by Crippen LogP contribution is 2.65. The van der Waals surface area contributed by atoms with Crippen LogP contribution in [0.4, 0.5) is 0 Å². The number of aldehydes is 1. The summed E-state index contributed by atoms with van der Waals surface area (Å²) in [7, 11) is 0. The predicted molar refractivity (Wildman–Crippen MR) is 86.7 cm³/mol. The van der Waals surface area contributed by atoms with Gasteiger partial charge < -0.3 is 4.79 Å². The summed E-state index contributed by atoms with van der Waals surface area (Å²) in [4.78, 5) is 36.0. The van der Waals surface area contributed by atoms with Gasteiger partial charge in [0.1, 0.15) is 17.9 Å². The zero-order valence-corrected chi connectivity index (χ0v) is 14.3. The molecular formula is C20H28O3. The molecule has 4 saturated carbocycles. The molecule has 4 fully saturated rings. The topological polar surface area (TPSA) is 51.2 Å². The van der Waals surface area contributed by atoms with Crippen molar-refractivity contribution >= 4 is 17.9 Å². The van der Waals surface area contributed by atoms with Gasteiger partial charge in [0.2, 0.25) is 0 Å². The molecule has 0 spiro atoms. The van der Waals surface area contributed by atoms with E-state index < -0.39 is 0 Å². The van der Waals surface area contributed by atoms with Crippen molar-refractivity contribution in [2.75, 3.05) is 0 Å². The lowest BCUT2D eigenvalue weighted by atomic mass is 9.44. The lowest BCUT2D eigenvalue weighted by Crippen LogP contribution is -2.55. The van der Waals surface area contributed by atoms with Gasteiger partial charge in [0.15, 0.2) is 0 Å². The molecule has 23 heavy (non-hydrogen) atoms. The van der Waals surface area contributed by atoms with Crippen LogP contribution in [-0.2, 0) is 14.4 Å². The highest BCUT2D eigenvalue weighted by atomic mass is 16.1. The molecule has 126 valence electrons. The van der Waals surface area contributed by atoms with Gasteiger partial charge >= 0.3 is 0 Å². The number of rotatable bonds is 1. The zero-order valence-electron chi connectivity index (χ0n) is 14.3. The Kier molecular flexibility index (Phi) is 3.38. The fraction of sp³-hybridized carbons (Fsp3) is 0.850. The summed E-state index contributed by atoms with van der Waals surface area (Å²) in [5.41, 5.74) is 0.0360. The molecule has 0 aromatic heterocycles. The molecule has 0 aromatic rings. The van der Waals surface area contributed by atoms with Gasteiger partial charge in [-0.3, -0.25) is 9.59 Å². The van der Waals surface area contributed by atoms with Crippen LogP contribution < -0.4 is 0 Å². The minimum Gasteiger partial charge on any atom is -0.303 e. The third-order valence-electron chi connectivity index (χ3n) is 8.46. The van der Waals surface area contributed by atoms with Crippen molar-refractivity contribution in [1.82, 2.24) is 0 Å². The lowest BCUT2D eigenvalue weighted by Gasteiger charge is -2.59. The molecule has 0 aromatic carbocycles. The summed E-state index contributed by atoms with van der Waals surface area (Å²) in [5, 5.41) is 0. The molecule has 4 aliphatic carbocycles. The Labute approximate surface area is 138 Å². The lowest BCUT2D eigenvalue weighted by molar-refractivity contribution is -0.151. The summed E-state index contributed by atoms with van der Waals surface area (Å²) < 4.78 is 0. The van der Waals surface area contributed by atoms with Crippen LogP contribution in [0.15, 0.2) is 0 Å². The maximum absolute atomic E-state index is 12.4. The Bertz CT molecular complexity index is 567. The van der Waals surface area contributed by atoms with Crippen LogP contribution in [-0.4, -0.2) is 17.9 Å². The van der Waals surface area contributed by atoms with Crippen LogP contribution >= 0.6 is 0 Å². The number of carbonyl (C=O) groups is 3. The van der Waals surface area contributed by atoms with Crippen molar-refractivity contribution in [3.8, 4) is 0 Å². The molecule has 1 unspecified atom stereocenters. The average molecular weight is 316 g/mol. The molecule has 0 bridgehead atoms. The Morgan fingerprint density at radius 3 is 2.57 bits per heavy atom. The maximum atomic E-state index is 12.4. The first-order valence-corrected chi connectivity index (χ1v) is 9.41. The van der Waals surface area contributed by atoms with Crippen LogP contribution in [0.3, 0.4) is 0 Å². The first-order chi connectivity index (χ1) is 10.9. The largest absolute Gasteiger partial charge is 0.303 e. The van der Waals surface area contributed by atoms with Gasteiger partial charge in [-0.1, -0.05) is 13.8 Å². The van der Waals surface area contributed by atoms with E-state index in [-0.39, 0.29) is 22.5 Å². The van der Waals surface area contributed by atoms with E-state index in [1.54, 1.807) is 0 Å². The molecule has 0 saturated heterocycles. The van der Waals surface area contributed by atoms with Crippen molar-refractivity contribution < 1.29 is 14.4 Å². The summed E-state index contributed by atoms with van der Waals surface area (Å²) in [6, 6.07) is 0. The number of hydrogen-bond acceptors (Lipinski definition) is 3. The zero-order chi connectivity index (χ0) is 16.4. The summed E-state index contributed by atoms with van der Waals surface area (Å²) >= 11 is 0. The van der Waals surface area contributed by atoms with Crippen LogP contribution in [0.1, 0.15) is 65.2 Å². The van der Waals surface area contributed by atoms with Gasteiger partial charge in [0.05, 0.1) is 5.92 Å². The highest BCUT2D eigenvalue weighted by molar-refractivity contribution is 5.94. The van der Waals surface area contributed by atoms with E-state index in [0.717, 1.165) is 44.8 Å². The third-order valence-corrected chi connectivity index (χ3v) is 8.46. The Hall–Kier alpha value is -0.990. The average Bonchev–Trinajstić information content (AvgIpc) is 2.83. The quantitative estimate of drug-likeness (QED) is 0.549. The van der Waals surface area contributed by atoms with E-state index in [4.69, 9.17) is 0 Å². The summed E-state index contributed by atoms with van der Waals surface area (Å²) in [6.45, 7) is 4.55. The predicted octanol–water partition coefficient (Wildman–Crippen LogP) is 3.59. The monoisotopic (exact) mass is 316 g/mol. The molecule has 3 nitrogen and oxygen atoms in total. The van der Waals surface area contributed by atoms with E-state index in [9.17, 15) is 14.4 Å². The fourth-order valence-electron chi connectivity index (χ4n) is 7.07. The molecular weight excluding hydrogens is 288 g/mol. The van der Waals surface area contributed by atoms with Gasteiger partial charge in [-0.2, -0.15) is 0 Å². The van der Waals surface area contributed by atoms with Crippen molar-refractivity contribution in [2.45, 2.75) is 65.2 Å². The maximum Gasteiger partial charge on any atom is 0.143 e. The van der Waals surface area contributed by atoms with Gasteiger partial charge in [-0.05, 0) is 67.6 Å². The van der Waals surface area contributed by atoms with E-state index in [1.807, 2.05) is 0 Å². The second-order valence-electron chi connectivity index (χ2n) is 9.19. The smallest absolute Gasteiger partial charge is 0.143 e. The van der Waals surface area contributed by atoms with Crippen molar-refractivity contribution in [1.29, 1.82) is 0 Å². The summed E-state index contributed by atoms with van der Waals surface area (Å²) in [6.07, 6.45) is 8.47. The number of hydrogen-bond donors (Lipinski definition) is 0. The van der Waals surface area contributed by atoms with Crippen molar-refractivity contribution in [2.24, 2.45) is 40.4 Å². The normalized spacial score (nSPS) is 52.5. The SMILES string of the molecule is C[C@]12CC(C=O)C(=O)C[C@@H]1CC[C@@H]1[C@@H]2CC[C@]2(C)C(=O)CC[C@@H]12. The van der Waals surface area contributed by atoms with Crippen molar-refractivity contribution in [3.63, 3.8) is 0 Å². The van der Waals surface area contributed by atoms with Gasteiger partial charge in [-0.15, -0.1) is 0 Å². The Morgan fingerprint density at radius 2 is 1.83 bits per heavy atom. The van der Waals surface area contributed by atoms with Crippen molar-refractivity contribution in [3.05, 3.63) is 0 Å². The third kappa shape index (κ3) is 1.97. The molecule has 0 radical (unpaired) electrons. The van der Waals surface area contributed by atoms with Gasteiger partial charge in [-0.25, -0.2) is 0 Å².